The Labute approximate surface area is 148 Å². The smallest absolute Gasteiger partial charge is 0.407 e. The number of carbonyl (C=O) groups excluding carboxylic acids is 1. The zero-order valence-corrected chi connectivity index (χ0v) is 15.3. The summed E-state index contributed by atoms with van der Waals surface area (Å²) in [6.07, 6.45) is 3.04. The van der Waals surface area contributed by atoms with Crippen LogP contribution < -0.4 is 10.6 Å². The molecule has 0 aliphatic heterocycles. The summed E-state index contributed by atoms with van der Waals surface area (Å²) in [5, 5.41) is 17.5. The highest BCUT2D eigenvalue weighted by Gasteiger charge is 2.27. The first-order valence-corrected chi connectivity index (χ1v) is 8.66. The zero-order chi connectivity index (χ0) is 18.6. The van der Waals surface area contributed by atoms with Gasteiger partial charge in [-0.05, 0) is 58.9 Å². The van der Waals surface area contributed by atoms with Crippen LogP contribution in [-0.4, -0.2) is 28.7 Å². The number of aryl methyl sites for hydroxylation is 1. The minimum Gasteiger partial charge on any atom is -0.444 e. The van der Waals surface area contributed by atoms with Crippen LogP contribution in [0.3, 0.4) is 0 Å². The maximum absolute atomic E-state index is 11.9. The number of hydrogen-bond donors (Lipinski definition) is 2. The van der Waals surface area contributed by atoms with E-state index in [0.717, 1.165) is 24.8 Å². The number of anilines is 1. The standard InChI is InChI=1S/C18H27N3O4/c1-12-7-5-10-15(21(23)24)16(12)19-13-8-6-9-14(11-13)20-17(22)25-18(2,3)4/h5,7,10,13-14,19H,6,8-9,11H2,1-4H3,(H,20,22)/t13-,14-/m0/s1. The van der Waals surface area contributed by atoms with Crippen LogP contribution in [0.25, 0.3) is 0 Å². The molecule has 0 bridgehead atoms. The molecule has 1 saturated carbocycles. The molecule has 0 radical (unpaired) electrons. The Bertz CT molecular complexity index is 640. The first-order valence-electron chi connectivity index (χ1n) is 8.66. The molecule has 2 rings (SSSR count). The Morgan fingerprint density at radius 3 is 2.60 bits per heavy atom. The van der Waals surface area contributed by atoms with Crippen molar-refractivity contribution in [2.45, 2.75) is 71.1 Å². The van der Waals surface area contributed by atoms with E-state index in [1.165, 1.54) is 6.07 Å². The number of carbonyl (C=O) groups is 1. The number of nitro benzene ring substituents is 1. The van der Waals surface area contributed by atoms with E-state index in [2.05, 4.69) is 10.6 Å². The number of para-hydroxylation sites is 1. The van der Waals surface area contributed by atoms with Crippen molar-refractivity contribution >= 4 is 17.5 Å². The average molecular weight is 349 g/mol. The molecule has 1 aromatic carbocycles. The number of amides is 1. The molecule has 2 atom stereocenters. The van der Waals surface area contributed by atoms with Crippen molar-refractivity contribution in [2.24, 2.45) is 0 Å². The van der Waals surface area contributed by atoms with Gasteiger partial charge in [0.05, 0.1) is 4.92 Å². The Hall–Kier alpha value is -2.31. The molecule has 0 saturated heterocycles. The van der Waals surface area contributed by atoms with E-state index >= 15 is 0 Å². The van der Waals surface area contributed by atoms with E-state index in [-0.39, 0.29) is 22.7 Å². The van der Waals surface area contributed by atoms with Gasteiger partial charge in [-0.1, -0.05) is 12.1 Å². The lowest BCUT2D eigenvalue weighted by atomic mass is 9.90. The quantitative estimate of drug-likeness (QED) is 0.629. The Kier molecular flexibility index (Phi) is 5.87. The number of rotatable bonds is 4. The molecule has 1 aromatic rings. The molecule has 1 amide bonds. The summed E-state index contributed by atoms with van der Waals surface area (Å²) in [7, 11) is 0. The molecule has 0 unspecified atom stereocenters. The third-order valence-corrected chi connectivity index (χ3v) is 4.19. The Balaban J connectivity index is 2.01. The third-order valence-electron chi connectivity index (χ3n) is 4.19. The highest BCUT2D eigenvalue weighted by molar-refractivity contribution is 5.68. The molecule has 0 heterocycles. The average Bonchev–Trinajstić information content (AvgIpc) is 2.47. The molecule has 0 aromatic heterocycles. The van der Waals surface area contributed by atoms with E-state index < -0.39 is 11.7 Å². The van der Waals surface area contributed by atoms with Crippen molar-refractivity contribution in [1.82, 2.24) is 5.32 Å². The number of ether oxygens (including phenoxy) is 1. The van der Waals surface area contributed by atoms with Gasteiger partial charge in [0.25, 0.3) is 5.69 Å². The number of nitrogens with zero attached hydrogens (tertiary/aromatic N) is 1. The first kappa shape index (κ1) is 19.0. The van der Waals surface area contributed by atoms with Gasteiger partial charge < -0.3 is 15.4 Å². The molecule has 138 valence electrons. The summed E-state index contributed by atoms with van der Waals surface area (Å²) in [6.45, 7) is 7.34. The van der Waals surface area contributed by atoms with Crippen molar-refractivity contribution < 1.29 is 14.5 Å². The van der Waals surface area contributed by atoms with Gasteiger partial charge in [-0.2, -0.15) is 0 Å². The van der Waals surface area contributed by atoms with Crippen molar-refractivity contribution in [1.29, 1.82) is 0 Å². The van der Waals surface area contributed by atoms with Crippen LogP contribution in [0.5, 0.6) is 0 Å². The van der Waals surface area contributed by atoms with Gasteiger partial charge in [-0.3, -0.25) is 10.1 Å². The monoisotopic (exact) mass is 349 g/mol. The number of hydrogen-bond acceptors (Lipinski definition) is 5. The fourth-order valence-corrected chi connectivity index (χ4v) is 3.12. The van der Waals surface area contributed by atoms with E-state index in [1.54, 1.807) is 6.07 Å². The van der Waals surface area contributed by atoms with Gasteiger partial charge in [0.2, 0.25) is 0 Å². The second kappa shape index (κ2) is 7.72. The van der Waals surface area contributed by atoms with Gasteiger partial charge in [0.15, 0.2) is 0 Å². The predicted octanol–water partition coefficient (Wildman–Crippen LogP) is 4.15. The van der Waals surface area contributed by atoms with Crippen molar-refractivity contribution in [3.05, 3.63) is 33.9 Å². The summed E-state index contributed by atoms with van der Waals surface area (Å²) in [4.78, 5) is 22.8. The Morgan fingerprint density at radius 1 is 1.28 bits per heavy atom. The normalized spacial score (nSPS) is 20.6. The van der Waals surface area contributed by atoms with Gasteiger partial charge >= 0.3 is 6.09 Å². The van der Waals surface area contributed by atoms with Crippen LogP contribution in [0.4, 0.5) is 16.2 Å². The van der Waals surface area contributed by atoms with E-state index in [4.69, 9.17) is 4.74 Å². The molecule has 1 fully saturated rings. The minimum absolute atomic E-state index is 0.00387. The summed E-state index contributed by atoms with van der Waals surface area (Å²) in [5.74, 6) is 0. The predicted molar refractivity (Wildman–Crippen MR) is 96.9 cm³/mol. The molecule has 25 heavy (non-hydrogen) atoms. The minimum atomic E-state index is -0.530. The van der Waals surface area contributed by atoms with Gasteiger partial charge in [0, 0.05) is 18.2 Å². The summed E-state index contributed by atoms with van der Waals surface area (Å²) in [6, 6.07) is 5.13. The molecule has 2 N–H and O–H groups in total. The highest BCUT2D eigenvalue weighted by Crippen LogP contribution is 2.31. The van der Waals surface area contributed by atoms with E-state index in [9.17, 15) is 14.9 Å². The largest absolute Gasteiger partial charge is 0.444 e. The van der Waals surface area contributed by atoms with Crippen LogP contribution in [0.2, 0.25) is 0 Å². The fraction of sp³-hybridized carbons (Fsp3) is 0.611. The first-order chi connectivity index (χ1) is 11.7. The molecule has 1 aliphatic carbocycles. The van der Waals surface area contributed by atoms with Crippen LogP contribution in [0, 0.1) is 17.0 Å². The van der Waals surface area contributed by atoms with E-state index in [0.29, 0.717) is 12.1 Å². The number of alkyl carbamates (subject to hydrolysis) is 1. The third kappa shape index (κ3) is 5.62. The lowest BCUT2D eigenvalue weighted by Crippen LogP contribution is -2.44. The van der Waals surface area contributed by atoms with E-state index in [1.807, 2.05) is 33.8 Å². The fourth-order valence-electron chi connectivity index (χ4n) is 3.12. The zero-order valence-electron chi connectivity index (χ0n) is 15.3. The molecular formula is C18H27N3O4. The lowest BCUT2D eigenvalue weighted by molar-refractivity contribution is -0.384. The van der Waals surface area contributed by atoms with Crippen LogP contribution in [-0.2, 0) is 4.74 Å². The van der Waals surface area contributed by atoms with Crippen LogP contribution in [0.1, 0.15) is 52.0 Å². The summed E-state index contributed by atoms with van der Waals surface area (Å²) < 4.78 is 5.30. The highest BCUT2D eigenvalue weighted by atomic mass is 16.6. The van der Waals surface area contributed by atoms with Crippen LogP contribution >= 0.6 is 0 Å². The van der Waals surface area contributed by atoms with Crippen LogP contribution in [0.15, 0.2) is 18.2 Å². The van der Waals surface area contributed by atoms with Gasteiger partial charge in [-0.25, -0.2) is 4.79 Å². The Morgan fingerprint density at radius 2 is 1.96 bits per heavy atom. The molecule has 0 spiro atoms. The summed E-state index contributed by atoms with van der Waals surface area (Å²) >= 11 is 0. The molecule has 1 aliphatic rings. The van der Waals surface area contributed by atoms with Gasteiger partial charge in [-0.15, -0.1) is 0 Å². The second-order valence-corrected chi connectivity index (χ2v) is 7.58. The molecule has 7 nitrogen and oxygen atoms in total. The maximum atomic E-state index is 11.9. The van der Waals surface area contributed by atoms with Crippen molar-refractivity contribution in [3.63, 3.8) is 0 Å². The lowest BCUT2D eigenvalue weighted by Gasteiger charge is -2.31. The second-order valence-electron chi connectivity index (χ2n) is 7.58. The molecular weight excluding hydrogens is 322 g/mol. The molecule has 7 heteroatoms. The van der Waals surface area contributed by atoms with Crippen molar-refractivity contribution in [3.8, 4) is 0 Å². The number of nitro groups is 1. The topological polar surface area (TPSA) is 93.5 Å². The SMILES string of the molecule is Cc1cccc([N+](=O)[O-])c1N[C@H]1CCC[C@H](NC(=O)OC(C)(C)C)C1. The van der Waals surface area contributed by atoms with Crippen molar-refractivity contribution in [2.75, 3.05) is 5.32 Å². The summed E-state index contributed by atoms with van der Waals surface area (Å²) in [5.41, 5.74) is 0.965. The maximum Gasteiger partial charge on any atom is 0.407 e. The number of benzene rings is 1. The van der Waals surface area contributed by atoms with Gasteiger partial charge in [0.1, 0.15) is 11.3 Å². The number of nitrogens with one attached hydrogen (secondary N) is 2.